The Morgan fingerprint density at radius 3 is 2.34 bits per heavy atom. The standard InChI is InChI=1S/C21H18N4O3S/c22-12-16-3-5-17(6-4-16)15-29(27,28)20-9-7-19(8-10-20)25-21(26)24-14-18-2-1-11-23-13-18/h1-11,13H,14-15H2,(H2,24,25,26). The van der Waals surface area contributed by atoms with Gasteiger partial charge >= 0.3 is 6.03 Å². The van der Waals surface area contributed by atoms with Crippen molar-refractivity contribution in [3.8, 4) is 6.07 Å². The molecule has 3 rings (SSSR count). The first-order chi connectivity index (χ1) is 14.0. The second-order valence-corrected chi connectivity index (χ2v) is 8.25. The number of anilines is 1. The fourth-order valence-electron chi connectivity index (χ4n) is 2.58. The average Bonchev–Trinajstić information content (AvgIpc) is 2.74. The lowest BCUT2D eigenvalue weighted by Crippen LogP contribution is -2.28. The van der Waals surface area contributed by atoms with E-state index in [-0.39, 0.29) is 10.6 Å². The van der Waals surface area contributed by atoms with E-state index in [9.17, 15) is 13.2 Å². The average molecular weight is 406 g/mol. The Bertz CT molecular complexity index is 1120. The summed E-state index contributed by atoms with van der Waals surface area (Å²) in [5, 5.41) is 14.2. The van der Waals surface area contributed by atoms with Gasteiger partial charge in [-0.2, -0.15) is 5.26 Å². The molecule has 1 aromatic heterocycles. The molecular formula is C21H18N4O3S. The van der Waals surface area contributed by atoms with Gasteiger partial charge in [0.05, 0.1) is 22.3 Å². The van der Waals surface area contributed by atoms with Crippen molar-refractivity contribution in [1.82, 2.24) is 10.3 Å². The number of pyridine rings is 1. The van der Waals surface area contributed by atoms with Crippen LogP contribution in [0.5, 0.6) is 0 Å². The highest BCUT2D eigenvalue weighted by Gasteiger charge is 2.15. The SMILES string of the molecule is N#Cc1ccc(CS(=O)(=O)c2ccc(NC(=O)NCc3cccnc3)cc2)cc1. The molecule has 8 heteroatoms. The Hall–Kier alpha value is -3.70. The molecule has 0 saturated heterocycles. The van der Waals surface area contributed by atoms with Gasteiger partial charge in [0.2, 0.25) is 0 Å². The van der Waals surface area contributed by atoms with Crippen molar-refractivity contribution in [3.05, 3.63) is 89.7 Å². The lowest BCUT2D eigenvalue weighted by atomic mass is 10.2. The van der Waals surface area contributed by atoms with Gasteiger partial charge in [0.1, 0.15) is 0 Å². The van der Waals surface area contributed by atoms with Gasteiger partial charge in [0, 0.05) is 24.6 Å². The Morgan fingerprint density at radius 2 is 1.72 bits per heavy atom. The number of nitriles is 1. The predicted octanol–water partition coefficient (Wildman–Crippen LogP) is 3.25. The molecule has 0 aliphatic heterocycles. The molecule has 0 fully saturated rings. The first-order valence-corrected chi connectivity index (χ1v) is 10.4. The topological polar surface area (TPSA) is 112 Å². The Morgan fingerprint density at radius 1 is 1.00 bits per heavy atom. The molecule has 2 aromatic carbocycles. The van der Waals surface area contributed by atoms with Crippen LogP contribution in [0.15, 0.2) is 78.0 Å². The first kappa shape index (κ1) is 20.0. The number of amides is 2. The van der Waals surface area contributed by atoms with E-state index in [1.165, 1.54) is 24.3 Å². The zero-order valence-corrected chi connectivity index (χ0v) is 16.2. The van der Waals surface area contributed by atoms with E-state index in [2.05, 4.69) is 15.6 Å². The third-order valence-electron chi connectivity index (χ3n) is 4.09. The number of benzene rings is 2. The molecule has 1 heterocycles. The largest absolute Gasteiger partial charge is 0.334 e. The molecule has 2 N–H and O–H groups in total. The van der Waals surface area contributed by atoms with E-state index < -0.39 is 15.9 Å². The van der Waals surface area contributed by atoms with Crippen LogP contribution in [-0.2, 0) is 22.1 Å². The summed E-state index contributed by atoms with van der Waals surface area (Å²) in [6.45, 7) is 0.330. The fourth-order valence-corrected chi connectivity index (χ4v) is 3.93. The number of aromatic nitrogens is 1. The van der Waals surface area contributed by atoms with E-state index in [4.69, 9.17) is 5.26 Å². The summed E-state index contributed by atoms with van der Waals surface area (Å²) in [6, 6.07) is 17.6. The smallest absolute Gasteiger partial charge is 0.319 e. The summed E-state index contributed by atoms with van der Waals surface area (Å²) in [5.74, 6) is -0.170. The molecule has 0 atom stereocenters. The van der Waals surface area contributed by atoms with Crippen LogP contribution in [0.1, 0.15) is 16.7 Å². The zero-order valence-electron chi connectivity index (χ0n) is 15.4. The van der Waals surface area contributed by atoms with Crippen molar-refractivity contribution in [1.29, 1.82) is 5.26 Å². The minimum Gasteiger partial charge on any atom is -0.334 e. The van der Waals surface area contributed by atoms with Crippen molar-refractivity contribution >= 4 is 21.6 Å². The number of hydrogen-bond donors (Lipinski definition) is 2. The molecule has 0 unspecified atom stereocenters. The molecule has 7 nitrogen and oxygen atoms in total. The lowest BCUT2D eigenvalue weighted by Gasteiger charge is -2.09. The summed E-state index contributed by atoms with van der Waals surface area (Å²) in [5.41, 5.74) is 2.42. The number of hydrogen-bond acceptors (Lipinski definition) is 5. The first-order valence-electron chi connectivity index (χ1n) is 8.72. The molecule has 3 aromatic rings. The maximum Gasteiger partial charge on any atom is 0.319 e. The van der Waals surface area contributed by atoms with Crippen LogP contribution in [0.25, 0.3) is 0 Å². The van der Waals surface area contributed by atoms with Crippen molar-refractivity contribution in [2.75, 3.05) is 5.32 Å². The maximum atomic E-state index is 12.6. The van der Waals surface area contributed by atoms with Gasteiger partial charge in [0.25, 0.3) is 0 Å². The highest BCUT2D eigenvalue weighted by atomic mass is 32.2. The van der Waals surface area contributed by atoms with Gasteiger partial charge < -0.3 is 10.6 Å². The van der Waals surface area contributed by atoms with Crippen LogP contribution in [0.2, 0.25) is 0 Å². The van der Waals surface area contributed by atoms with Gasteiger partial charge in [-0.3, -0.25) is 4.98 Å². The number of nitrogens with zero attached hydrogens (tertiary/aromatic N) is 2. The van der Waals surface area contributed by atoms with Crippen LogP contribution in [0, 0.1) is 11.3 Å². The van der Waals surface area contributed by atoms with Crippen molar-refractivity contribution < 1.29 is 13.2 Å². The Labute approximate surface area is 169 Å². The third kappa shape index (κ3) is 5.64. The monoisotopic (exact) mass is 406 g/mol. The molecule has 2 amide bonds. The van der Waals surface area contributed by atoms with E-state index >= 15 is 0 Å². The number of rotatable bonds is 6. The van der Waals surface area contributed by atoms with Gasteiger partial charge in [-0.1, -0.05) is 18.2 Å². The number of sulfone groups is 1. The van der Waals surface area contributed by atoms with Crippen molar-refractivity contribution in [2.45, 2.75) is 17.2 Å². The molecule has 0 aliphatic carbocycles. The van der Waals surface area contributed by atoms with E-state index in [1.54, 1.807) is 42.7 Å². The number of carbonyl (C=O) groups excluding carboxylic acids is 1. The van der Waals surface area contributed by atoms with Crippen molar-refractivity contribution in [2.24, 2.45) is 0 Å². The zero-order chi connectivity index (χ0) is 20.7. The normalized spacial score (nSPS) is 10.7. The maximum absolute atomic E-state index is 12.6. The van der Waals surface area contributed by atoms with Crippen molar-refractivity contribution in [3.63, 3.8) is 0 Å². The van der Waals surface area contributed by atoms with Crippen LogP contribution >= 0.6 is 0 Å². The fraction of sp³-hybridized carbons (Fsp3) is 0.0952. The molecule has 0 saturated carbocycles. The highest BCUT2D eigenvalue weighted by Crippen LogP contribution is 2.19. The summed E-state index contributed by atoms with van der Waals surface area (Å²) < 4.78 is 25.2. The van der Waals surface area contributed by atoms with E-state index in [1.807, 2.05) is 12.1 Å². The Kier molecular flexibility index (Phi) is 6.22. The van der Waals surface area contributed by atoms with Crippen LogP contribution < -0.4 is 10.6 Å². The minimum atomic E-state index is -3.54. The quantitative estimate of drug-likeness (QED) is 0.653. The number of nitrogens with one attached hydrogen (secondary N) is 2. The second kappa shape index (κ2) is 8.99. The summed E-state index contributed by atoms with van der Waals surface area (Å²) in [7, 11) is -3.54. The van der Waals surface area contributed by atoms with Gasteiger partial charge in [0.15, 0.2) is 9.84 Å². The minimum absolute atomic E-state index is 0.156. The molecule has 0 spiro atoms. The van der Waals surface area contributed by atoms with Crippen LogP contribution in [-0.4, -0.2) is 19.4 Å². The summed E-state index contributed by atoms with van der Waals surface area (Å²) in [4.78, 5) is 16.1. The molecule has 146 valence electrons. The van der Waals surface area contributed by atoms with E-state index in [0.29, 0.717) is 23.4 Å². The van der Waals surface area contributed by atoms with Gasteiger partial charge in [-0.05, 0) is 53.6 Å². The molecular weight excluding hydrogens is 388 g/mol. The van der Waals surface area contributed by atoms with Crippen LogP contribution in [0.3, 0.4) is 0 Å². The van der Waals surface area contributed by atoms with Gasteiger partial charge in [-0.25, -0.2) is 13.2 Å². The molecule has 0 aliphatic rings. The van der Waals surface area contributed by atoms with Gasteiger partial charge in [-0.15, -0.1) is 0 Å². The Balaban J connectivity index is 1.59. The highest BCUT2D eigenvalue weighted by molar-refractivity contribution is 7.90. The molecule has 0 bridgehead atoms. The van der Waals surface area contributed by atoms with E-state index in [0.717, 1.165) is 5.56 Å². The number of carbonyl (C=O) groups is 1. The predicted molar refractivity (Wildman–Crippen MR) is 109 cm³/mol. The lowest BCUT2D eigenvalue weighted by molar-refractivity contribution is 0.251. The van der Waals surface area contributed by atoms with Crippen LogP contribution in [0.4, 0.5) is 10.5 Å². The third-order valence-corrected chi connectivity index (χ3v) is 5.79. The number of urea groups is 1. The summed E-state index contributed by atoms with van der Waals surface area (Å²) >= 11 is 0. The summed E-state index contributed by atoms with van der Waals surface area (Å²) in [6.07, 6.45) is 3.31. The molecule has 29 heavy (non-hydrogen) atoms. The second-order valence-electron chi connectivity index (χ2n) is 6.26. The molecule has 0 radical (unpaired) electrons.